The number of methoxy groups -OCH3 is 1. The van der Waals surface area contributed by atoms with Crippen LogP contribution in [0.2, 0.25) is 0 Å². The molecule has 0 fully saturated rings. The molecule has 0 heterocycles. The Kier molecular flexibility index (Phi) is 6.72. The number of benzene rings is 3. The molecule has 7 heteroatoms. The predicted octanol–water partition coefficient (Wildman–Crippen LogP) is 5.25. The summed E-state index contributed by atoms with van der Waals surface area (Å²) in [6, 6.07) is 12.2. The van der Waals surface area contributed by atoms with E-state index in [2.05, 4.69) is 4.74 Å². The van der Waals surface area contributed by atoms with Gasteiger partial charge >= 0.3 is 5.97 Å². The number of carbonyl (C=O) groups excluding carboxylic acids is 1. The molecule has 0 aliphatic carbocycles. The van der Waals surface area contributed by atoms with E-state index in [4.69, 9.17) is 4.74 Å². The molecule has 0 spiro atoms. The molecule has 0 aliphatic rings. The number of rotatable bonds is 7. The van der Waals surface area contributed by atoms with Crippen LogP contribution in [-0.4, -0.2) is 19.7 Å². The zero-order valence-electron chi connectivity index (χ0n) is 16.1. The Bertz CT molecular complexity index is 1070. The third-order valence-corrected chi connectivity index (χ3v) is 4.57. The molecule has 0 amide bonds. The van der Waals surface area contributed by atoms with E-state index < -0.39 is 35.8 Å². The normalized spacial score (nSPS) is 10.7. The zero-order valence-corrected chi connectivity index (χ0v) is 16.1. The van der Waals surface area contributed by atoms with Crippen molar-refractivity contribution in [3.05, 3.63) is 89.0 Å². The van der Waals surface area contributed by atoms with Crippen molar-refractivity contribution in [2.45, 2.75) is 12.8 Å². The molecule has 0 bridgehead atoms. The molecule has 0 aromatic heterocycles. The van der Waals surface area contributed by atoms with Crippen LogP contribution in [0.4, 0.5) is 17.6 Å². The van der Waals surface area contributed by atoms with Crippen LogP contribution in [0.15, 0.2) is 54.6 Å². The van der Waals surface area contributed by atoms with Gasteiger partial charge in [-0.1, -0.05) is 18.2 Å². The monoisotopic (exact) mass is 418 g/mol. The summed E-state index contributed by atoms with van der Waals surface area (Å²) in [6.07, 6.45) is -0.139. The number of carbonyl (C=O) groups is 1. The summed E-state index contributed by atoms with van der Waals surface area (Å²) in [7, 11) is 1.16. The van der Waals surface area contributed by atoms with Crippen molar-refractivity contribution >= 4 is 5.97 Å². The van der Waals surface area contributed by atoms with E-state index in [0.717, 1.165) is 19.2 Å². The van der Waals surface area contributed by atoms with Gasteiger partial charge in [0.25, 0.3) is 0 Å². The molecule has 3 nitrogen and oxygen atoms in total. The molecule has 0 aliphatic heterocycles. The summed E-state index contributed by atoms with van der Waals surface area (Å²) in [4.78, 5) is 11.2. The average molecular weight is 418 g/mol. The van der Waals surface area contributed by atoms with Crippen LogP contribution in [0.3, 0.4) is 0 Å². The highest BCUT2D eigenvalue weighted by molar-refractivity contribution is 5.70. The largest absolute Gasteiger partial charge is 0.479 e. The minimum atomic E-state index is -0.958. The quantitative estimate of drug-likeness (QED) is 0.389. The van der Waals surface area contributed by atoms with Gasteiger partial charge in [-0.2, -0.15) is 0 Å². The molecule has 0 saturated carbocycles. The van der Waals surface area contributed by atoms with Crippen LogP contribution in [0.25, 0.3) is 11.1 Å². The molecule has 30 heavy (non-hydrogen) atoms. The van der Waals surface area contributed by atoms with Crippen LogP contribution in [0, 0.1) is 23.3 Å². The molecule has 0 N–H and O–H groups in total. The highest BCUT2D eigenvalue weighted by Gasteiger charge is 2.17. The second kappa shape index (κ2) is 9.43. The molecule has 0 radical (unpaired) electrons. The predicted molar refractivity (Wildman–Crippen MR) is 103 cm³/mol. The number of halogens is 4. The molecular weight excluding hydrogens is 400 g/mol. The lowest BCUT2D eigenvalue weighted by Crippen LogP contribution is -2.14. The lowest BCUT2D eigenvalue weighted by atomic mass is 9.98. The van der Waals surface area contributed by atoms with E-state index in [1.165, 1.54) is 36.4 Å². The Labute approximate surface area is 170 Å². The Morgan fingerprint density at radius 3 is 2.33 bits per heavy atom. The fourth-order valence-corrected chi connectivity index (χ4v) is 2.99. The molecule has 3 rings (SSSR count). The molecule has 0 atom stereocenters. The summed E-state index contributed by atoms with van der Waals surface area (Å²) >= 11 is 0. The Morgan fingerprint density at radius 2 is 1.60 bits per heavy atom. The number of esters is 1. The van der Waals surface area contributed by atoms with E-state index in [0.29, 0.717) is 11.1 Å². The van der Waals surface area contributed by atoms with E-state index >= 15 is 0 Å². The van der Waals surface area contributed by atoms with Crippen LogP contribution in [0.5, 0.6) is 5.75 Å². The molecule has 3 aromatic rings. The van der Waals surface area contributed by atoms with E-state index in [-0.39, 0.29) is 29.7 Å². The lowest BCUT2D eigenvalue weighted by molar-refractivity contribution is -0.142. The summed E-state index contributed by atoms with van der Waals surface area (Å²) < 4.78 is 66.0. The van der Waals surface area contributed by atoms with Gasteiger partial charge in [-0.3, -0.25) is 0 Å². The van der Waals surface area contributed by atoms with Gasteiger partial charge in [0.05, 0.1) is 7.11 Å². The highest BCUT2D eigenvalue weighted by Crippen LogP contribution is 2.27. The average Bonchev–Trinajstić information content (AvgIpc) is 2.74. The second-order valence-corrected chi connectivity index (χ2v) is 6.52. The van der Waals surface area contributed by atoms with Crippen LogP contribution in [0.1, 0.15) is 11.1 Å². The van der Waals surface area contributed by atoms with Gasteiger partial charge in [-0.05, 0) is 65.9 Å². The summed E-state index contributed by atoms with van der Waals surface area (Å²) in [5, 5.41) is 0. The first-order valence-electron chi connectivity index (χ1n) is 9.10. The zero-order chi connectivity index (χ0) is 21.7. The van der Waals surface area contributed by atoms with E-state index in [9.17, 15) is 22.4 Å². The topological polar surface area (TPSA) is 35.5 Å². The first-order valence-corrected chi connectivity index (χ1v) is 9.10. The van der Waals surface area contributed by atoms with Crippen molar-refractivity contribution in [2.75, 3.05) is 13.7 Å². The molecule has 156 valence electrons. The number of hydrogen-bond acceptors (Lipinski definition) is 3. The van der Waals surface area contributed by atoms with Crippen molar-refractivity contribution in [1.29, 1.82) is 0 Å². The fraction of sp³-hybridized carbons (Fsp3) is 0.174. The van der Waals surface area contributed by atoms with Gasteiger partial charge in [0.1, 0.15) is 17.5 Å². The van der Waals surface area contributed by atoms with Gasteiger partial charge < -0.3 is 9.47 Å². The molecule has 3 aromatic carbocycles. The first-order chi connectivity index (χ1) is 14.4. The van der Waals surface area contributed by atoms with Gasteiger partial charge in [0.2, 0.25) is 0 Å². The van der Waals surface area contributed by atoms with Gasteiger partial charge in [0, 0.05) is 5.56 Å². The van der Waals surface area contributed by atoms with Crippen molar-refractivity contribution in [3.63, 3.8) is 0 Å². The lowest BCUT2D eigenvalue weighted by Gasteiger charge is -2.12. The minimum absolute atomic E-state index is 0.00326. The molecule has 0 saturated heterocycles. The summed E-state index contributed by atoms with van der Waals surface area (Å²) in [6.45, 7) is -0.525. The Balaban J connectivity index is 1.81. The maximum atomic E-state index is 14.6. The molecular formula is C23H18F4O3. The van der Waals surface area contributed by atoms with E-state index in [1.54, 1.807) is 6.07 Å². The summed E-state index contributed by atoms with van der Waals surface area (Å²) in [5.74, 6) is -3.73. The third kappa shape index (κ3) is 4.97. The van der Waals surface area contributed by atoms with Crippen molar-refractivity contribution in [1.82, 2.24) is 0 Å². The highest BCUT2D eigenvalue weighted by atomic mass is 19.1. The number of aryl methyl sites for hydroxylation is 1. The van der Waals surface area contributed by atoms with Crippen LogP contribution < -0.4 is 4.74 Å². The van der Waals surface area contributed by atoms with Crippen LogP contribution >= 0.6 is 0 Å². The van der Waals surface area contributed by atoms with Gasteiger partial charge in [-0.25, -0.2) is 22.4 Å². The summed E-state index contributed by atoms with van der Waals surface area (Å²) in [5.41, 5.74) is 1.10. The Hall–Kier alpha value is -3.35. The smallest absolute Gasteiger partial charge is 0.343 e. The second-order valence-electron chi connectivity index (χ2n) is 6.52. The van der Waals surface area contributed by atoms with Gasteiger partial charge in [0.15, 0.2) is 18.2 Å². The van der Waals surface area contributed by atoms with Crippen molar-refractivity contribution in [3.8, 4) is 16.9 Å². The van der Waals surface area contributed by atoms with Crippen molar-refractivity contribution < 1.29 is 31.8 Å². The van der Waals surface area contributed by atoms with E-state index in [1.807, 2.05) is 0 Å². The minimum Gasteiger partial charge on any atom is -0.479 e. The maximum Gasteiger partial charge on any atom is 0.343 e. The fourth-order valence-electron chi connectivity index (χ4n) is 2.99. The van der Waals surface area contributed by atoms with Crippen LogP contribution in [-0.2, 0) is 22.4 Å². The Morgan fingerprint density at radius 1 is 0.867 bits per heavy atom. The first kappa shape index (κ1) is 21.4. The standard InChI is InChI=1S/C23H18F4O3/c1-29-22(28)13-30-21-10-9-20(26)18(23(21)27)7-5-16-11-15(6-8-19(16)25)14-3-2-4-17(24)12-14/h2-4,6,8-12H,5,7,13H2,1H3. The van der Waals surface area contributed by atoms with Crippen molar-refractivity contribution in [2.24, 2.45) is 0 Å². The maximum absolute atomic E-state index is 14.6. The SMILES string of the molecule is COC(=O)COc1ccc(F)c(CCc2cc(-c3cccc(F)c3)ccc2F)c1F. The number of ether oxygens (including phenoxy) is 2. The third-order valence-electron chi connectivity index (χ3n) is 4.57. The number of hydrogen-bond donors (Lipinski definition) is 0. The molecule has 0 unspecified atom stereocenters. The van der Waals surface area contributed by atoms with Gasteiger partial charge in [-0.15, -0.1) is 0 Å².